The van der Waals surface area contributed by atoms with Crippen molar-refractivity contribution >= 4 is 47.7 Å². The largest absolute Gasteiger partial charge is 0.469 e. The topological polar surface area (TPSA) is 62.7 Å². The number of guanidine groups is 1. The van der Waals surface area contributed by atoms with Crippen LogP contribution in [0.25, 0.3) is 0 Å². The number of carbonyl (C=O) groups is 1. The van der Waals surface area contributed by atoms with Gasteiger partial charge in [0, 0.05) is 24.9 Å². The standard InChI is InChI=1S/C11H23N3O2S.HI/c1-11(2,17-5)8-14-10(12-3)13-7-6-9(15)16-4;/h6-8H2,1-5H3,(H2,12,13,14);1H. The highest BCUT2D eigenvalue weighted by Crippen LogP contribution is 2.19. The second-order valence-electron chi connectivity index (χ2n) is 4.14. The fourth-order valence-electron chi connectivity index (χ4n) is 0.974. The summed E-state index contributed by atoms with van der Waals surface area (Å²) in [6.45, 7) is 5.65. The van der Waals surface area contributed by atoms with Crippen LogP contribution in [0.2, 0.25) is 0 Å². The van der Waals surface area contributed by atoms with Crippen molar-refractivity contribution in [2.75, 3.05) is 33.5 Å². The minimum absolute atomic E-state index is 0. The number of nitrogens with zero attached hydrogens (tertiary/aromatic N) is 1. The Bertz CT molecular complexity index is 273. The van der Waals surface area contributed by atoms with Gasteiger partial charge in [-0.3, -0.25) is 9.79 Å². The predicted octanol–water partition coefficient (Wildman–Crippen LogP) is 1.47. The highest BCUT2D eigenvalue weighted by atomic mass is 127. The molecule has 0 aromatic carbocycles. The highest BCUT2D eigenvalue weighted by molar-refractivity contribution is 14.0. The summed E-state index contributed by atoms with van der Waals surface area (Å²) >= 11 is 1.79. The number of rotatable bonds is 6. The minimum Gasteiger partial charge on any atom is -0.469 e. The molecule has 0 rings (SSSR count). The molecular formula is C11H24IN3O2S. The van der Waals surface area contributed by atoms with Crippen LogP contribution in [0, 0.1) is 0 Å². The summed E-state index contributed by atoms with van der Waals surface area (Å²) in [7, 11) is 3.09. The lowest BCUT2D eigenvalue weighted by Gasteiger charge is -2.23. The number of carbonyl (C=O) groups excluding carboxylic acids is 1. The van der Waals surface area contributed by atoms with E-state index < -0.39 is 0 Å². The number of aliphatic imine (C=N–C) groups is 1. The lowest BCUT2D eigenvalue weighted by atomic mass is 10.2. The minimum atomic E-state index is -0.225. The van der Waals surface area contributed by atoms with Crippen LogP contribution in [0.4, 0.5) is 0 Å². The van der Waals surface area contributed by atoms with Crippen LogP contribution in [-0.2, 0) is 9.53 Å². The van der Waals surface area contributed by atoms with Gasteiger partial charge in [-0.1, -0.05) is 0 Å². The molecule has 0 fully saturated rings. The molecule has 0 saturated carbocycles. The zero-order chi connectivity index (χ0) is 13.3. The molecule has 0 bridgehead atoms. The van der Waals surface area contributed by atoms with E-state index in [2.05, 4.69) is 40.5 Å². The molecule has 108 valence electrons. The number of halogens is 1. The Morgan fingerprint density at radius 1 is 1.39 bits per heavy atom. The fourth-order valence-corrected chi connectivity index (χ4v) is 1.19. The van der Waals surface area contributed by atoms with E-state index in [0.717, 1.165) is 6.54 Å². The van der Waals surface area contributed by atoms with Gasteiger partial charge in [-0.25, -0.2) is 0 Å². The van der Waals surface area contributed by atoms with Crippen molar-refractivity contribution in [1.82, 2.24) is 10.6 Å². The summed E-state index contributed by atoms with van der Waals surface area (Å²) in [6.07, 6.45) is 2.41. The van der Waals surface area contributed by atoms with Gasteiger partial charge in [0.2, 0.25) is 0 Å². The normalized spacial score (nSPS) is 11.5. The fraction of sp³-hybridized carbons (Fsp3) is 0.818. The van der Waals surface area contributed by atoms with Gasteiger partial charge in [-0.05, 0) is 20.1 Å². The van der Waals surface area contributed by atoms with Crippen molar-refractivity contribution in [3.8, 4) is 0 Å². The number of thioether (sulfide) groups is 1. The van der Waals surface area contributed by atoms with Crippen molar-refractivity contribution in [2.45, 2.75) is 25.0 Å². The van der Waals surface area contributed by atoms with Gasteiger partial charge in [-0.15, -0.1) is 24.0 Å². The monoisotopic (exact) mass is 389 g/mol. The Morgan fingerprint density at radius 2 is 2.00 bits per heavy atom. The summed E-state index contributed by atoms with van der Waals surface area (Å²) in [5.74, 6) is 0.480. The first-order valence-electron chi connectivity index (χ1n) is 5.51. The van der Waals surface area contributed by atoms with Gasteiger partial charge in [0.05, 0.1) is 13.5 Å². The van der Waals surface area contributed by atoms with Gasteiger partial charge >= 0.3 is 5.97 Å². The second-order valence-corrected chi connectivity index (χ2v) is 5.66. The van der Waals surface area contributed by atoms with Crippen LogP contribution >= 0.6 is 35.7 Å². The van der Waals surface area contributed by atoms with E-state index in [1.807, 2.05) is 0 Å². The van der Waals surface area contributed by atoms with E-state index in [-0.39, 0.29) is 34.7 Å². The first-order chi connectivity index (χ1) is 7.95. The zero-order valence-electron chi connectivity index (χ0n) is 11.7. The Labute approximate surface area is 131 Å². The van der Waals surface area contributed by atoms with Crippen LogP contribution in [-0.4, -0.2) is 50.2 Å². The lowest BCUT2D eigenvalue weighted by molar-refractivity contribution is -0.140. The maximum absolute atomic E-state index is 10.9. The SMILES string of the molecule is CN=C(NCCC(=O)OC)NCC(C)(C)SC.I. The van der Waals surface area contributed by atoms with Crippen molar-refractivity contribution < 1.29 is 9.53 Å². The Kier molecular flexibility index (Phi) is 12.0. The molecule has 0 aliphatic carbocycles. The molecule has 0 aromatic heterocycles. The number of methoxy groups -OCH3 is 1. The quantitative estimate of drug-likeness (QED) is 0.312. The smallest absolute Gasteiger partial charge is 0.307 e. The molecule has 0 unspecified atom stereocenters. The number of ether oxygens (including phenoxy) is 1. The highest BCUT2D eigenvalue weighted by Gasteiger charge is 2.15. The van der Waals surface area contributed by atoms with E-state index in [0.29, 0.717) is 18.9 Å². The van der Waals surface area contributed by atoms with Gasteiger partial charge in [0.1, 0.15) is 0 Å². The third kappa shape index (κ3) is 9.81. The van der Waals surface area contributed by atoms with Crippen LogP contribution in [0.15, 0.2) is 4.99 Å². The average molecular weight is 389 g/mol. The van der Waals surface area contributed by atoms with Crippen molar-refractivity contribution in [2.24, 2.45) is 4.99 Å². The first-order valence-corrected chi connectivity index (χ1v) is 6.74. The Morgan fingerprint density at radius 3 is 2.44 bits per heavy atom. The first kappa shape index (κ1) is 20.1. The molecular weight excluding hydrogens is 365 g/mol. The Balaban J connectivity index is 0. The second kappa shape index (κ2) is 10.7. The molecule has 0 amide bonds. The number of hydrogen-bond donors (Lipinski definition) is 2. The van der Waals surface area contributed by atoms with Crippen LogP contribution < -0.4 is 10.6 Å². The summed E-state index contributed by atoms with van der Waals surface area (Å²) < 4.78 is 4.71. The zero-order valence-corrected chi connectivity index (χ0v) is 14.8. The molecule has 7 heteroatoms. The summed E-state index contributed by atoms with van der Waals surface area (Å²) in [6, 6.07) is 0. The predicted molar refractivity (Wildman–Crippen MR) is 89.0 cm³/mol. The lowest BCUT2D eigenvalue weighted by Crippen LogP contribution is -2.43. The molecule has 0 heterocycles. The molecule has 0 spiro atoms. The molecule has 0 aromatic rings. The Hall–Kier alpha value is -0.180. The number of nitrogens with one attached hydrogen (secondary N) is 2. The van der Waals surface area contributed by atoms with Crippen molar-refractivity contribution in [3.05, 3.63) is 0 Å². The molecule has 0 aliphatic rings. The van der Waals surface area contributed by atoms with Crippen LogP contribution in [0.1, 0.15) is 20.3 Å². The van der Waals surface area contributed by atoms with E-state index in [9.17, 15) is 4.79 Å². The van der Waals surface area contributed by atoms with Crippen molar-refractivity contribution in [3.63, 3.8) is 0 Å². The van der Waals surface area contributed by atoms with Gasteiger partial charge < -0.3 is 15.4 Å². The number of hydrogen-bond acceptors (Lipinski definition) is 4. The molecule has 0 saturated heterocycles. The van der Waals surface area contributed by atoms with Gasteiger partial charge in [0.15, 0.2) is 5.96 Å². The molecule has 18 heavy (non-hydrogen) atoms. The molecule has 0 radical (unpaired) electrons. The summed E-state index contributed by atoms with van der Waals surface area (Å²) in [5, 5.41) is 6.28. The third-order valence-electron chi connectivity index (χ3n) is 2.31. The molecule has 0 atom stereocenters. The van der Waals surface area contributed by atoms with Crippen molar-refractivity contribution in [1.29, 1.82) is 0 Å². The maximum Gasteiger partial charge on any atom is 0.307 e. The van der Waals surface area contributed by atoms with E-state index in [4.69, 9.17) is 0 Å². The number of esters is 1. The summed E-state index contributed by atoms with van der Waals surface area (Å²) in [4.78, 5) is 15.0. The van der Waals surface area contributed by atoms with E-state index in [1.54, 1.807) is 18.8 Å². The molecule has 2 N–H and O–H groups in total. The van der Waals surface area contributed by atoms with E-state index >= 15 is 0 Å². The third-order valence-corrected chi connectivity index (χ3v) is 3.56. The van der Waals surface area contributed by atoms with Crippen LogP contribution in [0.3, 0.4) is 0 Å². The molecule has 5 nitrogen and oxygen atoms in total. The molecule has 0 aliphatic heterocycles. The van der Waals surface area contributed by atoms with Gasteiger partial charge in [0.25, 0.3) is 0 Å². The van der Waals surface area contributed by atoms with E-state index in [1.165, 1.54) is 7.11 Å². The average Bonchev–Trinajstić information content (AvgIpc) is 2.33. The van der Waals surface area contributed by atoms with Gasteiger partial charge in [-0.2, -0.15) is 11.8 Å². The summed E-state index contributed by atoms with van der Waals surface area (Å²) in [5.41, 5.74) is 0. The van der Waals surface area contributed by atoms with Crippen LogP contribution in [0.5, 0.6) is 0 Å². The maximum atomic E-state index is 10.9.